The minimum absolute atomic E-state index is 0.0101. The molecule has 0 aliphatic rings. The van der Waals surface area contributed by atoms with Gasteiger partial charge in [-0.05, 0) is 56.5 Å². The molecule has 0 heterocycles. The molecule has 2 aromatic carbocycles. The van der Waals surface area contributed by atoms with Crippen LogP contribution in [0.5, 0.6) is 5.75 Å². The Morgan fingerprint density at radius 2 is 1.76 bits per heavy atom. The van der Waals surface area contributed by atoms with Gasteiger partial charge in [-0.15, -0.1) is 0 Å². The van der Waals surface area contributed by atoms with E-state index in [9.17, 15) is 14.0 Å². The Balaban J connectivity index is 2.15. The van der Waals surface area contributed by atoms with Crippen molar-refractivity contribution in [2.45, 2.75) is 52.7 Å². The van der Waals surface area contributed by atoms with Crippen LogP contribution in [-0.2, 0) is 16.1 Å². The Morgan fingerprint density at radius 1 is 1.10 bits per heavy atom. The van der Waals surface area contributed by atoms with E-state index in [0.717, 1.165) is 17.5 Å². The molecule has 0 saturated heterocycles. The summed E-state index contributed by atoms with van der Waals surface area (Å²) >= 11 is 0. The van der Waals surface area contributed by atoms with Gasteiger partial charge in [0.2, 0.25) is 5.91 Å². The molecule has 0 fully saturated rings. The maximum absolute atomic E-state index is 13.2. The largest absolute Gasteiger partial charge is 0.484 e. The molecule has 0 aliphatic heterocycles. The van der Waals surface area contributed by atoms with Crippen LogP contribution in [0.15, 0.2) is 48.5 Å². The smallest absolute Gasteiger partial charge is 0.261 e. The molecule has 6 heteroatoms. The molecule has 0 bridgehead atoms. The van der Waals surface area contributed by atoms with Crippen molar-refractivity contribution in [3.05, 3.63) is 65.5 Å². The molecule has 2 amide bonds. The summed E-state index contributed by atoms with van der Waals surface area (Å²) in [7, 11) is 0. The maximum atomic E-state index is 13.2. The SMILES string of the molecule is CC[C@@H](C)NC(=O)[C@@H](C)N(Cc1ccc(F)cc1)C(=O)COc1ccccc1C. The summed E-state index contributed by atoms with van der Waals surface area (Å²) in [6.45, 7) is 7.48. The van der Waals surface area contributed by atoms with E-state index in [4.69, 9.17) is 4.74 Å². The first-order valence-corrected chi connectivity index (χ1v) is 9.84. The summed E-state index contributed by atoms with van der Waals surface area (Å²) in [4.78, 5) is 27.0. The number of carbonyl (C=O) groups excluding carboxylic acids is 2. The number of para-hydroxylation sites is 1. The average molecular weight is 400 g/mol. The third-order valence-corrected chi connectivity index (χ3v) is 4.88. The molecule has 1 N–H and O–H groups in total. The number of benzene rings is 2. The van der Waals surface area contributed by atoms with Crippen LogP contribution >= 0.6 is 0 Å². The Morgan fingerprint density at radius 3 is 2.38 bits per heavy atom. The number of halogens is 1. The summed E-state index contributed by atoms with van der Waals surface area (Å²) in [6.07, 6.45) is 0.792. The van der Waals surface area contributed by atoms with Crippen molar-refractivity contribution < 1.29 is 18.7 Å². The van der Waals surface area contributed by atoms with Crippen LogP contribution in [0.4, 0.5) is 4.39 Å². The van der Waals surface area contributed by atoms with Gasteiger partial charge in [-0.3, -0.25) is 9.59 Å². The van der Waals surface area contributed by atoms with E-state index < -0.39 is 6.04 Å². The molecule has 0 aliphatic carbocycles. The lowest BCUT2D eigenvalue weighted by Crippen LogP contribution is -2.50. The fourth-order valence-corrected chi connectivity index (χ4v) is 2.78. The van der Waals surface area contributed by atoms with Gasteiger partial charge in [-0.25, -0.2) is 4.39 Å². The van der Waals surface area contributed by atoms with Gasteiger partial charge in [-0.1, -0.05) is 37.3 Å². The highest BCUT2D eigenvalue weighted by Crippen LogP contribution is 2.17. The van der Waals surface area contributed by atoms with Gasteiger partial charge < -0.3 is 15.0 Å². The predicted molar refractivity (Wildman–Crippen MR) is 111 cm³/mol. The maximum Gasteiger partial charge on any atom is 0.261 e. The van der Waals surface area contributed by atoms with E-state index in [1.54, 1.807) is 25.1 Å². The van der Waals surface area contributed by atoms with E-state index in [1.165, 1.54) is 17.0 Å². The fraction of sp³-hybridized carbons (Fsp3) is 0.391. The summed E-state index contributed by atoms with van der Waals surface area (Å²) in [5.41, 5.74) is 1.66. The van der Waals surface area contributed by atoms with Crippen molar-refractivity contribution in [3.8, 4) is 5.75 Å². The van der Waals surface area contributed by atoms with Crippen LogP contribution < -0.4 is 10.1 Å². The van der Waals surface area contributed by atoms with Crippen LogP contribution in [0.2, 0.25) is 0 Å². The summed E-state index contributed by atoms with van der Waals surface area (Å²) in [6, 6.07) is 12.6. The lowest BCUT2D eigenvalue weighted by Gasteiger charge is -2.29. The van der Waals surface area contributed by atoms with Crippen molar-refractivity contribution in [3.63, 3.8) is 0 Å². The molecule has 0 saturated carbocycles. The Bertz CT molecular complexity index is 823. The Labute approximate surface area is 171 Å². The third-order valence-electron chi connectivity index (χ3n) is 4.88. The second-order valence-corrected chi connectivity index (χ2v) is 7.20. The van der Waals surface area contributed by atoms with Gasteiger partial charge in [0.05, 0.1) is 0 Å². The lowest BCUT2D eigenvalue weighted by atomic mass is 10.1. The van der Waals surface area contributed by atoms with E-state index in [1.807, 2.05) is 39.0 Å². The minimum atomic E-state index is -0.693. The van der Waals surface area contributed by atoms with Gasteiger partial charge >= 0.3 is 0 Å². The number of ether oxygens (including phenoxy) is 1. The number of rotatable bonds is 9. The molecular weight excluding hydrogens is 371 g/mol. The number of aryl methyl sites for hydroxylation is 1. The summed E-state index contributed by atoms with van der Waals surface area (Å²) < 4.78 is 18.9. The molecule has 0 unspecified atom stereocenters. The van der Waals surface area contributed by atoms with Crippen LogP contribution in [0.3, 0.4) is 0 Å². The van der Waals surface area contributed by atoms with Crippen LogP contribution in [0.25, 0.3) is 0 Å². The van der Waals surface area contributed by atoms with Crippen LogP contribution in [0.1, 0.15) is 38.3 Å². The quantitative estimate of drug-likeness (QED) is 0.696. The standard InChI is InChI=1S/C23H29FN2O3/c1-5-17(3)25-23(28)18(4)26(14-19-10-12-20(24)13-11-19)22(27)15-29-21-9-7-6-8-16(21)2/h6-13,17-18H,5,14-15H2,1-4H3,(H,25,28)/t17-,18-/m1/s1. The summed E-state index contributed by atoms with van der Waals surface area (Å²) in [5.74, 6) is -0.272. The molecule has 156 valence electrons. The highest BCUT2D eigenvalue weighted by molar-refractivity contribution is 5.88. The highest BCUT2D eigenvalue weighted by Gasteiger charge is 2.27. The highest BCUT2D eigenvalue weighted by atomic mass is 19.1. The van der Waals surface area contributed by atoms with Crippen molar-refractivity contribution in [1.29, 1.82) is 0 Å². The van der Waals surface area contributed by atoms with Gasteiger partial charge in [-0.2, -0.15) is 0 Å². The molecule has 5 nitrogen and oxygen atoms in total. The van der Waals surface area contributed by atoms with Gasteiger partial charge in [0.15, 0.2) is 6.61 Å². The Kier molecular flexibility index (Phi) is 8.19. The first kappa shape index (κ1) is 22.4. The molecule has 0 spiro atoms. The van der Waals surface area contributed by atoms with Crippen molar-refractivity contribution in [2.24, 2.45) is 0 Å². The zero-order chi connectivity index (χ0) is 21.4. The van der Waals surface area contributed by atoms with Crippen molar-refractivity contribution in [2.75, 3.05) is 6.61 Å². The van der Waals surface area contributed by atoms with Gasteiger partial charge in [0.1, 0.15) is 17.6 Å². The lowest BCUT2D eigenvalue weighted by molar-refractivity contribution is -0.142. The number of amides is 2. The second-order valence-electron chi connectivity index (χ2n) is 7.20. The van der Waals surface area contributed by atoms with Gasteiger partial charge in [0, 0.05) is 12.6 Å². The topological polar surface area (TPSA) is 58.6 Å². The fourth-order valence-electron chi connectivity index (χ4n) is 2.78. The number of hydrogen-bond acceptors (Lipinski definition) is 3. The molecule has 29 heavy (non-hydrogen) atoms. The Hall–Kier alpha value is -2.89. The van der Waals surface area contributed by atoms with Crippen molar-refractivity contribution in [1.82, 2.24) is 10.2 Å². The predicted octanol–water partition coefficient (Wildman–Crippen LogP) is 3.84. The van der Waals surface area contributed by atoms with E-state index in [0.29, 0.717) is 5.75 Å². The van der Waals surface area contributed by atoms with Crippen LogP contribution in [-0.4, -0.2) is 35.4 Å². The van der Waals surface area contributed by atoms with Crippen molar-refractivity contribution >= 4 is 11.8 Å². The third kappa shape index (κ3) is 6.59. The molecular formula is C23H29FN2O3. The molecule has 2 atom stereocenters. The van der Waals surface area contributed by atoms with E-state index >= 15 is 0 Å². The minimum Gasteiger partial charge on any atom is -0.484 e. The summed E-state index contributed by atoms with van der Waals surface area (Å²) in [5, 5.41) is 2.91. The van der Waals surface area contributed by atoms with Crippen LogP contribution in [0, 0.1) is 12.7 Å². The molecule has 0 aromatic heterocycles. The number of nitrogens with zero attached hydrogens (tertiary/aromatic N) is 1. The average Bonchev–Trinajstić information content (AvgIpc) is 2.71. The molecule has 2 rings (SSSR count). The normalized spacial score (nSPS) is 12.7. The zero-order valence-electron chi connectivity index (χ0n) is 17.4. The number of carbonyl (C=O) groups is 2. The second kappa shape index (κ2) is 10.6. The zero-order valence-corrected chi connectivity index (χ0v) is 17.4. The first-order valence-electron chi connectivity index (χ1n) is 9.84. The number of nitrogens with one attached hydrogen (secondary N) is 1. The van der Waals surface area contributed by atoms with Gasteiger partial charge in [0.25, 0.3) is 5.91 Å². The first-order chi connectivity index (χ1) is 13.8. The number of hydrogen-bond donors (Lipinski definition) is 1. The monoisotopic (exact) mass is 400 g/mol. The molecule has 2 aromatic rings. The van der Waals surface area contributed by atoms with E-state index in [2.05, 4.69) is 5.32 Å². The molecule has 0 radical (unpaired) electrons. The van der Waals surface area contributed by atoms with E-state index in [-0.39, 0.29) is 36.8 Å².